The maximum absolute atomic E-state index is 6.20. The molecule has 188 valence electrons. The summed E-state index contributed by atoms with van der Waals surface area (Å²) in [5.41, 5.74) is 3.65. The lowest BCUT2D eigenvalue weighted by Crippen LogP contribution is -2.52. The minimum Gasteiger partial charge on any atom is -0.380 e. The Kier molecular flexibility index (Phi) is 7.44. The van der Waals surface area contributed by atoms with E-state index in [9.17, 15) is 0 Å². The number of ether oxygens (including phenoxy) is 2. The topological polar surface area (TPSA) is 39.5 Å². The average Bonchev–Trinajstić information content (AvgIpc) is 3.32. The number of methoxy groups -OCH3 is 1. The summed E-state index contributed by atoms with van der Waals surface area (Å²) in [5.74, 6) is 1.69. The summed E-state index contributed by atoms with van der Waals surface area (Å²) in [6, 6.07) is 21.6. The molecular weight excluding hydrogens is 450 g/mol. The van der Waals surface area contributed by atoms with Gasteiger partial charge in [0.05, 0.1) is 23.7 Å². The van der Waals surface area contributed by atoms with E-state index in [1.54, 1.807) is 0 Å². The lowest BCUT2D eigenvalue weighted by Gasteiger charge is -2.44. The summed E-state index contributed by atoms with van der Waals surface area (Å²) in [6.45, 7) is 9.46. The lowest BCUT2D eigenvalue weighted by molar-refractivity contribution is -0.0581. The van der Waals surface area contributed by atoms with Gasteiger partial charge in [0.15, 0.2) is 0 Å². The van der Waals surface area contributed by atoms with Crippen LogP contribution in [0.2, 0.25) is 25.7 Å². The highest BCUT2D eigenvalue weighted by atomic mass is 28.3. The normalized spacial score (nSPS) is 24.9. The van der Waals surface area contributed by atoms with Crippen LogP contribution in [0, 0.1) is 5.92 Å². The number of hydrogen-bond donors (Lipinski definition) is 0. The maximum atomic E-state index is 6.20. The van der Waals surface area contributed by atoms with Crippen LogP contribution in [-0.2, 0) is 29.2 Å². The molecular formula is C29H41N3O2Si. The Morgan fingerprint density at radius 2 is 1.77 bits per heavy atom. The SMILES string of the molecule is CO[C@@H]1[C@@H](Cc2ccccc2)C[C@@H]2CC[C@H]1N2Cc1nc2ccccc2n1COCC[Si](C)(C)C. The van der Waals surface area contributed by atoms with Gasteiger partial charge in [-0.3, -0.25) is 4.90 Å². The highest BCUT2D eigenvalue weighted by Crippen LogP contribution is 2.42. The van der Waals surface area contributed by atoms with Gasteiger partial charge in [0.2, 0.25) is 0 Å². The molecule has 2 bridgehead atoms. The van der Waals surface area contributed by atoms with Crippen LogP contribution in [-0.4, -0.2) is 54.4 Å². The van der Waals surface area contributed by atoms with E-state index in [0.717, 1.165) is 30.9 Å². The zero-order chi connectivity index (χ0) is 24.4. The van der Waals surface area contributed by atoms with Crippen LogP contribution in [0.3, 0.4) is 0 Å². The van der Waals surface area contributed by atoms with Gasteiger partial charge in [-0.15, -0.1) is 0 Å². The van der Waals surface area contributed by atoms with Crippen molar-refractivity contribution in [1.29, 1.82) is 0 Å². The van der Waals surface area contributed by atoms with Crippen LogP contribution in [0.15, 0.2) is 54.6 Å². The van der Waals surface area contributed by atoms with Crippen LogP contribution >= 0.6 is 0 Å². The van der Waals surface area contributed by atoms with Gasteiger partial charge in [0.25, 0.3) is 0 Å². The van der Waals surface area contributed by atoms with Crippen molar-refractivity contribution in [3.63, 3.8) is 0 Å². The number of para-hydroxylation sites is 2. The third kappa shape index (κ3) is 5.56. The Bertz CT molecular complexity index is 1110. The molecule has 1 aromatic heterocycles. The van der Waals surface area contributed by atoms with E-state index in [-0.39, 0.29) is 6.10 Å². The van der Waals surface area contributed by atoms with Gasteiger partial charge >= 0.3 is 0 Å². The molecule has 35 heavy (non-hydrogen) atoms. The van der Waals surface area contributed by atoms with Crippen molar-refractivity contribution in [3.8, 4) is 0 Å². The first-order valence-corrected chi connectivity index (χ1v) is 17.0. The molecule has 0 unspecified atom stereocenters. The van der Waals surface area contributed by atoms with Crippen molar-refractivity contribution in [3.05, 3.63) is 66.0 Å². The van der Waals surface area contributed by atoms with E-state index in [1.807, 2.05) is 7.11 Å². The maximum Gasteiger partial charge on any atom is 0.126 e. The van der Waals surface area contributed by atoms with Crippen molar-refractivity contribution in [2.75, 3.05) is 13.7 Å². The number of piperidine rings is 1. The number of hydrogen-bond acceptors (Lipinski definition) is 4. The summed E-state index contributed by atoms with van der Waals surface area (Å²) in [4.78, 5) is 7.77. The molecule has 2 aliphatic heterocycles. The zero-order valence-corrected chi connectivity index (χ0v) is 22.8. The van der Waals surface area contributed by atoms with Gasteiger partial charge in [0, 0.05) is 33.9 Å². The largest absolute Gasteiger partial charge is 0.380 e. The first-order chi connectivity index (χ1) is 16.9. The lowest BCUT2D eigenvalue weighted by atomic mass is 9.83. The molecule has 5 nitrogen and oxygen atoms in total. The molecule has 0 saturated carbocycles. The fraction of sp³-hybridized carbons (Fsp3) is 0.552. The number of imidazole rings is 1. The standard InChI is InChI=1S/C29H41N3O2Si/c1-33-29-23(18-22-10-6-5-7-11-22)19-24-14-15-27(29)31(24)20-28-30-25-12-8-9-13-26(25)32(28)21-34-16-17-35(2,3)4/h5-13,23-24,27,29H,14-21H2,1-4H3/t23-,24-,27+,29+/m0/s1. The zero-order valence-electron chi connectivity index (χ0n) is 21.8. The van der Waals surface area contributed by atoms with E-state index >= 15 is 0 Å². The van der Waals surface area contributed by atoms with Crippen molar-refractivity contribution < 1.29 is 9.47 Å². The van der Waals surface area contributed by atoms with Gasteiger partial charge in [0.1, 0.15) is 12.6 Å². The van der Waals surface area contributed by atoms with Crippen molar-refractivity contribution in [2.45, 2.75) is 82.8 Å². The number of rotatable bonds is 10. The van der Waals surface area contributed by atoms with E-state index in [0.29, 0.717) is 24.7 Å². The predicted molar refractivity (Wildman–Crippen MR) is 145 cm³/mol. The third-order valence-corrected chi connectivity index (χ3v) is 9.70. The fourth-order valence-electron chi connectivity index (χ4n) is 6.17. The van der Waals surface area contributed by atoms with E-state index in [1.165, 1.54) is 36.4 Å². The Morgan fingerprint density at radius 3 is 2.54 bits per heavy atom. The second kappa shape index (κ2) is 10.6. The first kappa shape index (κ1) is 24.7. The molecule has 4 atom stereocenters. The van der Waals surface area contributed by atoms with Gasteiger partial charge in [-0.1, -0.05) is 62.1 Å². The second-order valence-electron chi connectivity index (χ2n) is 11.6. The molecule has 2 aliphatic rings. The Morgan fingerprint density at radius 1 is 1.00 bits per heavy atom. The van der Waals surface area contributed by atoms with Crippen LogP contribution in [0.4, 0.5) is 0 Å². The molecule has 3 aromatic rings. The number of nitrogens with zero attached hydrogens (tertiary/aromatic N) is 3. The number of aromatic nitrogens is 2. The molecule has 0 N–H and O–H groups in total. The van der Waals surface area contributed by atoms with Crippen LogP contribution in [0.25, 0.3) is 11.0 Å². The van der Waals surface area contributed by atoms with E-state index < -0.39 is 8.07 Å². The molecule has 5 rings (SSSR count). The van der Waals surface area contributed by atoms with Crippen LogP contribution in [0.1, 0.15) is 30.7 Å². The minimum absolute atomic E-state index is 0.264. The highest BCUT2D eigenvalue weighted by Gasteiger charge is 2.47. The summed E-state index contributed by atoms with van der Waals surface area (Å²) in [6.07, 6.45) is 5.02. The molecule has 2 aromatic carbocycles. The summed E-state index contributed by atoms with van der Waals surface area (Å²) < 4.78 is 14.7. The molecule has 0 amide bonds. The van der Waals surface area contributed by atoms with Gasteiger partial charge < -0.3 is 14.0 Å². The quantitative estimate of drug-likeness (QED) is 0.259. The minimum atomic E-state index is -1.11. The molecule has 0 spiro atoms. The van der Waals surface area contributed by atoms with Gasteiger partial charge in [-0.25, -0.2) is 4.98 Å². The third-order valence-electron chi connectivity index (χ3n) is 8.00. The van der Waals surface area contributed by atoms with Crippen LogP contribution < -0.4 is 0 Å². The Hall–Kier alpha value is -1.99. The van der Waals surface area contributed by atoms with Gasteiger partial charge in [-0.2, -0.15) is 0 Å². The molecule has 3 heterocycles. The van der Waals surface area contributed by atoms with Crippen molar-refractivity contribution >= 4 is 19.1 Å². The summed E-state index contributed by atoms with van der Waals surface area (Å²) >= 11 is 0. The second-order valence-corrected chi connectivity index (χ2v) is 17.3. The smallest absolute Gasteiger partial charge is 0.126 e. The molecule has 2 fully saturated rings. The van der Waals surface area contributed by atoms with E-state index in [2.05, 4.69) is 83.7 Å². The number of fused-ring (bicyclic) bond motifs is 3. The molecule has 0 radical (unpaired) electrons. The average molecular weight is 492 g/mol. The van der Waals surface area contributed by atoms with E-state index in [4.69, 9.17) is 14.5 Å². The monoisotopic (exact) mass is 491 g/mol. The molecule has 0 aliphatic carbocycles. The highest BCUT2D eigenvalue weighted by molar-refractivity contribution is 6.76. The van der Waals surface area contributed by atoms with Gasteiger partial charge in [-0.05, 0) is 55.3 Å². The predicted octanol–water partition coefficient (Wildman–Crippen LogP) is 5.96. The Balaban J connectivity index is 1.33. The Labute approximate surface area is 211 Å². The molecule has 2 saturated heterocycles. The fourth-order valence-corrected chi connectivity index (χ4v) is 6.93. The molecule has 6 heteroatoms. The number of benzene rings is 2. The summed E-state index contributed by atoms with van der Waals surface area (Å²) in [5, 5.41) is 0. The van der Waals surface area contributed by atoms with Crippen molar-refractivity contribution in [1.82, 2.24) is 14.5 Å². The van der Waals surface area contributed by atoms with Crippen LogP contribution in [0.5, 0.6) is 0 Å². The van der Waals surface area contributed by atoms with Crippen molar-refractivity contribution in [2.24, 2.45) is 5.92 Å². The summed E-state index contributed by atoms with van der Waals surface area (Å²) in [7, 11) is 0.793. The first-order valence-electron chi connectivity index (χ1n) is 13.3.